The zero-order valence-corrected chi connectivity index (χ0v) is 16.9. The molecule has 3 aliphatic heterocycles. The van der Waals surface area contributed by atoms with Crippen molar-refractivity contribution < 1.29 is 19.1 Å². The molecule has 1 aromatic heterocycles. The third-order valence-electron chi connectivity index (χ3n) is 6.12. The first-order valence-corrected chi connectivity index (χ1v) is 10.4. The lowest BCUT2D eigenvalue weighted by Crippen LogP contribution is -2.52. The summed E-state index contributed by atoms with van der Waals surface area (Å²) in [6, 6.07) is 5.07. The van der Waals surface area contributed by atoms with Crippen molar-refractivity contribution in [3.63, 3.8) is 0 Å². The van der Waals surface area contributed by atoms with Crippen LogP contribution in [-0.2, 0) is 27.4 Å². The van der Waals surface area contributed by atoms with E-state index in [-0.39, 0.29) is 30.3 Å². The van der Waals surface area contributed by atoms with Gasteiger partial charge in [-0.15, -0.1) is 0 Å². The Morgan fingerprint density at radius 2 is 2.13 bits per heavy atom. The molecule has 31 heavy (non-hydrogen) atoms. The fraction of sp³-hybridized carbons (Fsp3) is 0.429. The van der Waals surface area contributed by atoms with Crippen LogP contribution >= 0.6 is 0 Å². The molecule has 0 radical (unpaired) electrons. The summed E-state index contributed by atoms with van der Waals surface area (Å²) in [5.74, 6) is -0.853. The summed E-state index contributed by atoms with van der Waals surface area (Å²) in [4.78, 5) is 37.9. The number of nitrogens with one attached hydrogen (secondary N) is 2. The van der Waals surface area contributed by atoms with E-state index in [1.165, 1.54) is 0 Å². The van der Waals surface area contributed by atoms with Gasteiger partial charge in [-0.05, 0) is 23.6 Å². The van der Waals surface area contributed by atoms with Gasteiger partial charge in [0.1, 0.15) is 6.04 Å². The number of anilines is 1. The van der Waals surface area contributed by atoms with Crippen molar-refractivity contribution in [2.45, 2.75) is 44.1 Å². The van der Waals surface area contributed by atoms with Gasteiger partial charge in [0.2, 0.25) is 11.8 Å². The Hall–Kier alpha value is -3.24. The molecule has 0 bridgehead atoms. The minimum atomic E-state index is -0.601. The van der Waals surface area contributed by atoms with E-state index in [1.54, 1.807) is 17.2 Å². The number of fused-ring (bicyclic) bond motifs is 1. The minimum Gasteiger partial charge on any atom is -0.378 e. The SMILES string of the molecule is N[C@@H]1COC[C@@H]1n1cc(NCc2ccc3c(c2)CN(C2CCC(=O)NC2=O)C3=O)cn1. The average molecular weight is 424 g/mol. The third-order valence-corrected chi connectivity index (χ3v) is 6.12. The molecule has 3 aliphatic rings. The molecule has 2 saturated heterocycles. The van der Waals surface area contributed by atoms with Crippen molar-refractivity contribution in [3.8, 4) is 0 Å². The number of ether oxygens (including phenoxy) is 1. The number of carbonyl (C=O) groups excluding carboxylic acids is 3. The molecule has 0 saturated carbocycles. The summed E-state index contributed by atoms with van der Waals surface area (Å²) < 4.78 is 7.23. The van der Waals surface area contributed by atoms with Gasteiger partial charge in [-0.25, -0.2) is 0 Å². The lowest BCUT2D eigenvalue weighted by molar-refractivity contribution is -0.136. The van der Waals surface area contributed by atoms with Crippen molar-refractivity contribution >= 4 is 23.4 Å². The van der Waals surface area contributed by atoms with Crippen LogP contribution in [0.2, 0.25) is 0 Å². The number of benzene rings is 1. The number of imide groups is 1. The Bertz CT molecular complexity index is 1050. The highest BCUT2D eigenvalue weighted by Gasteiger charge is 2.39. The van der Waals surface area contributed by atoms with Gasteiger partial charge in [-0.2, -0.15) is 5.10 Å². The summed E-state index contributed by atoms with van der Waals surface area (Å²) in [6.45, 7) is 2.03. The van der Waals surface area contributed by atoms with E-state index in [4.69, 9.17) is 10.5 Å². The lowest BCUT2D eigenvalue weighted by atomic mass is 10.0. The number of nitrogens with two attached hydrogens (primary N) is 1. The van der Waals surface area contributed by atoms with E-state index in [0.717, 1.165) is 16.8 Å². The van der Waals surface area contributed by atoms with Gasteiger partial charge in [-0.3, -0.25) is 24.4 Å². The van der Waals surface area contributed by atoms with Crippen molar-refractivity contribution in [1.82, 2.24) is 20.0 Å². The number of hydrogen-bond acceptors (Lipinski definition) is 7. The maximum absolute atomic E-state index is 12.8. The molecule has 3 atom stereocenters. The number of nitrogens with zero attached hydrogens (tertiary/aromatic N) is 3. The van der Waals surface area contributed by atoms with Crippen LogP contribution < -0.4 is 16.4 Å². The predicted molar refractivity (Wildman–Crippen MR) is 110 cm³/mol. The normalized spacial score (nSPS) is 25.6. The largest absolute Gasteiger partial charge is 0.378 e. The second-order valence-electron chi connectivity index (χ2n) is 8.22. The van der Waals surface area contributed by atoms with E-state index in [1.807, 2.05) is 23.0 Å². The molecule has 0 spiro atoms. The second-order valence-corrected chi connectivity index (χ2v) is 8.22. The van der Waals surface area contributed by atoms with Gasteiger partial charge in [0.25, 0.3) is 5.91 Å². The number of rotatable bonds is 5. The zero-order chi connectivity index (χ0) is 21.5. The fourth-order valence-electron chi connectivity index (χ4n) is 4.38. The van der Waals surface area contributed by atoms with Gasteiger partial charge >= 0.3 is 0 Å². The van der Waals surface area contributed by atoms with Crippen molar-refractivity contribution in [2.75, 3.05) is 18.5 Å². The number of hydrogen-bond donors (Lipinski definition) is 3. The Balaban J connectivity index is 1.24. The van der Waals surface area contributed by atoms with Crippen LogP contribution in [0.1, 0.15) is 40.4 Å². The molecule has 2 aromatic rings. The van der Waals surface area contributed by atoms with E-state index in [2.05, 4.69) is 15.7 Å². The zero-order valence-electron chi connectivity index (χ0n) is 16.9. The van der Waals surface area contributed by atoms with E-state index in [9.17, 15) is 14.4 Å². The summed E-state index contributed by atoms with van der Waals surface area (Å²) in [5, 5.41) is 10.1. The van der Waals surface area contributed by atoms with E-state index < -0.39 is 11.9 Å². The maximum atomic E-state index is 12.8. The highest BCUT2D eigenvalue weighted by molar-refractivity contribution is 6.05. The number of aromatic nitrogens is 2. The highest BCUT2D eigenvalue weighted by atomic mass is 16.5. The van der Waals surface area contributed by atoms with Gasteiger partial charge in [0, 0.05) is 31.3 Å². The third kappa shape index (κ3) is 3.68. The van der Waals surface area contributed by atoms with Gasteiger partial charge in [0.05, 0.1) is 37.2 Å². The Kier molecular flexibility index (Phi) is 4.95. The van der Waals surface area contributed by atoms with Gasteiger partial charge in [-0.1, -0.05) is 12.1 Å². The summed E-state index contributed by atoms with van der Waals surface area (Å²) in [6.07, 6.45) is 4.28. The molecule has 1 unspecified atom stereocenters. The monoisotopic (exact) mass is 424 g/mol. The van der Waals surface area contributed by atoms with Crippen LogP contribution in [-0.4, -0.2) is 57.7 Å². The molecule has 1 aromatic carbocycles. The van der Waals surface area contributed by atoms with Crippen LogP contribution in [0.4, 0.5) is 5.69 Å². The Labute approximate surface area is 178 Å². The number of carbonyl (C=O) groups is 3. The van der Waals surface area contributed by atoms with Crippen LogP contribution in [0.15, 0.2) is 30.6 Å². The van der Waals surface area contributed by atoms with Crippen LogP contribution in [0, 0.1) is 0 Å². The summed E-state index contributed by atoms with van der Waals surface area (Å²) >= 11 is 0. The maximum Gasteiger partial charge on any atom is 0.255 e. The molecule has 0 aliphatic carbocycles. The Morgan fingerprint density at radius 3 is 2.90 bits per heavy atom. The number of piperidine rings is 1. The van der Waals surface area contributed by atoms with Crippen molar-refractivity contribution in [1.29, 1.82) is 0 Å². The predicted octanol–water partition coefficient (Wildman–Crippen LogP) is 0.155. The van der Waals surface area contributed by atoms with Crippen LogP contribution in [0.25, 0.3) is 0 Å². The van der Waals surface area contributed by atoms with Crippen LogP contribution in [0.5, 0.6) is 0 Å². The smallest absolute Gasteiger partial charge is 0.255 e. The van der Waals surface area contributed by atoms with Crippen molar-refractivity contribution in [2.24, 2.45) is 5.73 Å². The fourth-order valence-corrected chi connectivity index (χ4v) is 4.38. The van der Waals surface area contributed by atoms with E-state index in [0.29, 0.717) is 38.3 Å². The average Bonchev–Trinajstić information content (AvgIpc) is 3.46. The van der Waals surface area contributed by atoms with E-state index >= 15 is 0 Å². The second kappa shape index (κ2) is 7.78. The lowest BCUT2D eigenvalue weighted by Gasteiger charge is -2.29. The molecule has 3 amide bonds. The highest BCUT2D eigenvalue weighted by Crippen LogP contribution is 2.28. The molecule has 162 valence electrons. The molecule has 2 fully saturated rings. The Morgan fingerprint density at radius 1 is 1.26 bits per heavy atom. The summed E-state index contributed by atoms with van der Waals surface area (Å²) in [5.41, 5.74) is 9.44. The minimum absolute atomic E-state index is 0.0415. The molecular weight excluding hydrogens is 400 g/mol. The molecule has 4 heterocycles. The molecule has 10 nitrogen and oxygen atoms in total. The van der Waals surface area contributed by atoms with Gasteiger partial charge < -0.3 is 20.7 Å². The van der Waals surface area contributed by atoms with Gasteiger partial charge in [0.15, 0.2) is 0 Å². The topological polar surface area (TPSA) is 132 Å². The molecular formula is C21H24N6O4. The molecule has 10 heteroatoms. The number of amides is 3. The van der Waals surface area contributed by atoms with Crippen LogP contribution in [0.3, 0.4) is 0 Å². The first kappa shape index (κ1) is 19.7. The summed E-state index contributed by atoms with van der Waals surface area (Å²) in [7, 11) is 0. The first-order valence-electron chi connectivity index (χ1n) is 10.4. The molecule has 5 rings (SSSR count). The van der Waals surface area contributed by atoms with Crippen molar-refractivity contribution in [3.05, 3.63) is 47.3 Å². The molecule has 4 N–H and O–H groups in total. The standard InChI is InChI=1S/C21H24N6O4/c22-16-10-31-11-18(16)27-9-14(7-24-27)23-6-12-1-2-15-13(5-12)8-26(21(15)30)17-3-4-19(28)25-20(17)29/h1-2,5,7,9,16-18,23H,3-4,6,8,10-11,22H2,(H,25,28,29)/t16-,17?,18+/m1/s1. The quantitative estimate of drug-likeness (QED) is 0.583. The first-order chi connectivity index (χ1) is 15.0.